The third-order valence-electron chi connectivity index (χ3n) is 2.43. The highest BCUT2D eigenvalue weighted by molar-refractivity contribution is 5.77. The first-order valence-electron chi connectivity index (χ1n) is 6.71. The normalized spacial score (nSPS) is 10.2. The first-order chi connectivity index (χ1) is 10.6. The van der Waals surface area contributed by atoms with Gasteiger partial charge in [0.25, 0.3) is 0 Å². The van der Waals surface area contributed by atoms with Crippen molar-refractivity contribution in [1.82, 2.24) is 5.32 Å². The zero-order chi connectivity index (χ0) is 16.2. The van der Waals surface area contributed by atoms with Gasteiger partial charge in [-0.2, -0.15) is 0 Å². The summed E-state index contributed by atoms with van der Waals surface area (Å²) in [5.74, 6) is -0.900. The summed E-state index contributed by atoms with van der Waals surface area (Å²) in [5, 5.41) is 10.9. The second-order valence-electron chi connectivity index (χ2n) is 4.24. The van der Waals surface area contributed by atoms with Gasteiger partial charge in [-0.15, -0.1) is 0 Å². The number of anilines is 1. The van der Waals surface area contributed by atoms with E-state index in [0.29, 0.717) is 37.8 Å². The Morgan fingerprint density at radius 2 is 1.86 bits per heavy atom. The molecule has 1 amide bonds. The minimum atomic E-state index is -1.12. The molecule has 8 nitrogen and oxygen atoms in total. The van der Waals surface area contributed by atoms with Crippen molar-refractivity contribution in [3.05, 3.63) is 24.3 Å². The number of para-hydroxylation sites is 2. The number of carboxylic acids is 1. The maximum absolute atomic E-state index is 11.2. The SMILES string of the molecule is Nc1ccccc1OCCOCCNC(=O)COCC(=O)O. The summed E-state index contributed by atoms with van der Waals surface area (Å²) in [6, 6.07) is 7.17. The second kappa shape index (κ2) is 10.4. The maximum Gasteiger partial charge on any atom is 0.329 e. The molecular weight excluding hydrogens is 292 g/mol. The molecule has 0 fully saturated rings. The lowest BCUT2D eigenvalue weighted by molar-refractivity contribution is -0.143. The van der Waals surface area contributed by atoms with Gasteiger partial charge < -0.3 is 30.4 Å². The van der Waals surface area contributed by atoms with Crippen molar-refractivity contribution in [1.29, 1.82) is 0 Å². The van der Waals surface area contributed by atoms with Gasteiger partial charge in [-0.1, -0.05) is 12.1 Å². The average Bonchev–Trinajstić information content (AvgIpc) is 2.47. The molecule has 0 heterocycles. The van der Waals surface area contributed by atoms with E-state index in [1.54, 1.807) is 12.1 Å². The van der Waals surface area contributed by atoms with E-state index in [2.05, 4.69) is 10.1 Å². The number of hydrogen-bond acceptors (Lipinski definition) is 6. The molecule has 0 unspecified atom stereocenters. The topological polar surface area (TPSA) is 120 Å². The molecule has 1 aromatic rings. The maximum atomic E-state index is 11.2. The van der Waals surface area contributed by atoms with Gasteiger partial charge >= 0.3 is 5.97 Å². The van der Waals surface area contributed by atoms with Crippen LogP contribution in [0, 0.1) is 0 Å². The van der Waals surface area contributed by atoms with E-state index < -0.39 is 18.5 Å². The Kier molecular flexibility index (Phi) is 8.39. The second-order valence-corrected chi connectivity index (χ2v) is 4.24. The van der Waals surface area contributed by atoms with Crippen molar-refractivity contribution >= 4 is 17.6 Å². The van der Waals surface area contributed by atoms with Gasteiger partial charge in [-0.05, 0) is 12.1 Å². The zero-order valence-corrected chi connectivity index (χ0v) is 12.1. The van der Waals surface area contributed by atoms with Crippen LogP contribution in [0.25, 0.3) is 0 Å². The largest absolute Gasteiger partial charge is 0.489 e. The molecule has 0 bridgehead atoms. The van der Waals surface area contributed by atoms with Gasteiger partial charge in [0.05, 0.1) is 18.9 Å². The molecule has 0 spiro atoms. The van der Waals surface area contributed by atoms with Crippen LogP contribution in [0.2, 0.25) is 0 Å². The van der Waals surface area contributed by atoms with Crippen molar-refractivity contribution in [2.45, 2.75) is 0 Å². The number of carboxylic acid groups (broad SMARTS) is 1. The quantitative estimate of drug-likeness (QED) is 0.385. The van der Waals surface area contributed by atoms with Crippen molar-refractivity contribution in [3.8, 4) is 5.75 Å². The standard InChI is InChI=1S/C14H20N2O6/c15-11-3-1-2-4-12(11)22-8-7-20-6-5-16-13(17)9-21-10-14(18)19/h1-4H,5-10,15H2,(H,16,17)(H,18,19). The lowest BCUT2D eigenvalue weighted by Gasteiger charge is -2.09. The van der Waals surface area contributed by atoms with Crippen LogP contribution in [-0.2, 0) is 19.1 Å². The molecule has 4 N–H and O–H groups in total. The Hall–Kier alpha value is -2.32. The number of aliphatic carboxylic acids is 1. The fourth-order valence-corrected chi connectivity index (χ4v) is 1.47. The first kappa shape index (κ1) is 17.7. The summed E-state index contributed by atoms with van der Waals surface area (Å²) in [7, 11) is 0. The van der Waals surface area contributed by atoms with Crippen LogP contribution in [-0.4, -0.2) is 56.6 Å². The lowest BCUT2D eigenvalue weighted by Crippen LogP contribution is -2.31. The molecule has 0 saturated carbocycles. The lowest BCUT2D eigenvalue weighted by atomic mass is 10.3. The van der Waals surface area contributed by atoms with Crippen LogP contribution in [0.15, 0.2) is 24.3 Å². The van der Waals surface area contributed by atoms with Crippen LogP contribution >= 0.6 is 0 Å². The summed E-state index contributed by atoms with van der Waals surface area (Å²) in [5.41, 5.74) is 6.28. The Balaban J connectivity index is 1.96. The van der Waals surface area contributed by atoms with E-state index in [9.17, 15) is 9.59 Å². The third-order valence-corrected chi connectivity index (χ3v) is 2.43. The van der Waals surface area contributed by atoms with Gasteiger partial charge in [0.1, 0.15) is 25.6 Å². The minimum absolute atomic E-state index is 0.289. The summed E-state index contributed by atoms with van der Waals surface area (Å²) in [6.45, 7) is 0.553. The number of rotatable bonds is 11. The monoisotopic (exact) mass is 312 g/mol. The Labute approximate surface area is 128 Å². The van der Waals surface area contributed by atoms with Gasteiger partial charge in [0.2, 0.25) is 5.91 Å². The number of carbonyl (C=O) groups excluding carboxylic acids is 1. The molecular formula is C14H20N2O6. The smallest absolute Gasteiger partial charge is 0.329 e. The first-order valence-corrected chi connectivity index (χ1v) is 6.71. The highest BCUT2D eigenvalue weighted by Crippen LogP contribution is 2.19. The number of nitrogen functional groups attached to an aromatic ring is 1. The summed E-state index contributed by atoms with van der Waals surface area (Å²) >= 11 is 0. The van der Waals surface area contributed by atoms with Crippen LogP contribution in [0.1, 0.15) is 0 Å². The highest BCUT2D eigenvalue weighted by Gasteiger charge is 2.03. The molecule has 22 heavy (non-hydrogen) atoms. The third kappa shape index (κ3) is 8.08. The van der Waals surface area contributed by atoms with E-state index >= 15 is 0 Å². The van der Waals surface area contributed by atoms with Crippen LogP contribution in [0.4, 0.5) is 5.69 Å². The van der Waals surface area contributed by atoms with E-state index in [1.165, 1.54) is 0 Å². The van der Waals surface area contributed by atoms with Crippen LogP contribution in [0.3, 0.4) is 0 Å². The molecule has 122 valence electrons. The number of hydrogen-bond donors (Lipinski definition) is 3. The molecule has 8 heteroatoms. The molecule has 0 aromatic heterocycles. The summed E-state index contributed by atoms with van der Waals surface area (Å²) in [6.07, 6.45) is 0. The fourth-order valence-electron chi connectivity index (χ4n) is 1.47. The van der Waals surface area contributed by atoms with E-state index in [-0.39, 0.29) is 6.61 Å². The van der Waals surface area contributed by atoms with Crippen molar-refractivity contribution in [3.63, 3.8) is 0 Å². The van der Waals surface area contributed by atoms with E-state index in [4.69, 9.17) is 20.3 Å². The van der Waals surface area contributed by atoms with E-state index in [0.717, 1.165) is 0 Å². The number of benzene rings is 1. The summed E-state index contributed by atoms with van der Waals surface area (Å²) in [4.78, 5) is 21.4. The molecule has 0 radical (unpaired) electrons. The minimum Gasteiger partial charge on any atom is -0.489 e. The van der Waals surface area contributed by atoms with E-state index in [1.807, 2.05) is 12.1 Å². The molecule has 0 saturated heterocycles. The zero-order valence-electron chi connectivity index (χ0n) is 12.1. The van der Waals surface area contributed by atoms with Gasteiger partial charge in [0.15, 0.2) is 0 Å². The van der Waals surface area contributed by atoms with Gasteiger partial charge in [-0.25, -0.2) is 4.79 Å². The Morgan fingerprint density at radius 3 is 2.59 bits per heavy atom. The average molecular weight is 312 g/mol. The molecule has 1 rings (SSSR count). The number of nitrogens with one attached hydrogen (secondary N) is 1. The van der Waals surface area contributed by atoms with Gasteiger partial charge in [-0.3, -0.25) is 4.79 Å². The van der Waals surface area contributed by atoms with Crippen LogP contribution in [0.5, 0.6) is 5.75 Å². The predicted octanol–water partition coefficient (Wildman–Crippen LogP) is -0.118. The highest BCUT2D eigenvalue weighted by atomic mass is 16.5. The van der Waals surface area contributed by atoms with Gasteiger partial charge in [0, 0.05) is 6.54 Å². The molecule has 0 aliphatic rings. The molecule has 0 aliphatic carbocycles. The number of carbonyl (C=O) groups is 2. The van der Waals surface area contributed by atoms with Crippen LogP contribution < -0.4 is 15.8 Å². The fraction of sp³-hybridized carbons (Fsp3) is 0.429. The molecule has 1 aromatic carbocycles. The Morgan fingerprint density at radius 1 is 1.09 bits per heavy atom. The van der Waals surface area contributed by atoms with Crippen molar-refractivity contribution in [2.75, 3.05) is 45.3 Å². The number of nitrogens with two attached hydrogens (primary N) is 1. The molecule has 0 aliphatic heterocycles. The Bertz CT molecular complexity index is 480. The molecule has 0 atom stereocenters. The summed E-state index contributed by atoms with van der Waals surface area (Å²) < 4.78 is 15.3. The van der Waals surface area contributed by atoms with Crippen molar-refractivity contribution in [2.24, 2.45) is 0 Å². The number of amides is 1. The number of ether oxygens (including phenoxy) is 3. The predicted molar refractivity (Wildman–Crippen MR) is 78.6 cm³/mol. The van der Waals surface area contributed by atoms with Crippen molar-refractivity contribution < 1.29 is 28.9 Å².